The number of carbonyl (C=O) groups excluding carboxylic acids is 2. The third-order valence-corrected chi connectivity index (χ3v) is 3.95. The first-order valence-corrected chi connectivity index (χ1v) is 7.20. The summed E-state index contributed by atoms with van der Waals surface area (Å²) in [6, 6.07) is 7.36. The number of hydrogen-bond donors (Lipinski definition) is 2. The molecule has 0 aliphatic rings. The molecule has 2 aromatic rings. The molecule has 1 heterocycles. The third kappa shape index (κ3) is 3.64. The molecule has 0 aliphatic carbocycles. The lowest BCUT2D eigenvalue weighted by molar-refractivity contribution is -0.114. The van der Waals surface area contributed by atoms with Gasteiger partial charge in [0.05, 0.1) is 14.4 Å². The summed E-state index contributed by atoms with van der Waals surface area (Å²) in [6.07, 6.45) is 0. The predicted molar refractivity (Wildman–Crippen MR) is 80.7 cm³/mol. The van der Waals surface area contributed by atoms with E-state index in [-0.39, 0.29) is 11.6 Å². The van der Waals surface area contributed by atoms with Crippen molar-refractivity contribution in [3.05, 3.63) is 44.8 Å². The van der Waals surface area contributed by atoms with Crippen LogP contribution in [0.1, 0.15) is 16.6 Å². The molecular formula is C13H10BrFN2O2S. The maximum absolute atomic E-state index is 13.7. The molecule has 0 saturated carbocycles. The van der Waals surface area contributed by atoms with Crippen molar-refractivity contribution in [3.8, 4) is 0 Å². The van der Waals surface area contributed by atoms with Crippen molar-refractivity contribution in [3.63, 3.8) is 0 Å². The molecule has 0 bridgehead atoms. The number of benzene rings is 1. The number of amides is 2. The second-order valence-corrected chi connectivity index (χ2v) is 6.40. The van der Waals surface area contributed by atoms with Gasteiger partial charge in [0.1, 0.15) is 5.82 Å². The summed E-state index contributed by atoms with van der Waals surface area (Å²) in [5.74, 6) is -1.24. The molecule has 1 aromatic heterocycles. The van der Waals surface area contributed by atoms with Gasteiger partial charge in [-0.2, -0.15) is 0 Å². The summed E-state index contributed by atoms with van der Waals surface area (Å²) in [5.41, 5.74) is 0.437. The van der Waals surface area contributed by atoms with E-state index in [1.807, 2.05) is 0 Å². The lowest BCUT2D eigenvalue weighted by Gasteiger charge is -2.08. The fraction of sp³-hybridized carbons (Fsp3) is 0.0769. The molecule has 7 heteroatoms. The number of rotatable bonds is 3. The Kier molecular flexibility index (Phi) is 4.51. The number of carbonyl (C=O) groups is 2. The van der Waals surface area contributed by atoms with E-state index in [2.05, 4.69) is 26.6 Å². The molecule has 2 amide bonds. The van der Waals surface area contributed by atoms with Crippen LogP contribution in [0.4, 0.5) is 15.8 Å². The van der Waals surface area contributed by atoms with Crippen LogP contribution >= 0.6 is 27.3 Å². The standard InChI is InChI=1S/C13H10BrFN2O2S/c1-7(18)16-8-2-3-9(15)10(6-8)17-13(19)11-4-5-12(14)20-11/h2-6H,1H3,(H,16,18)(H,17,19). The van der Waals surface area contributed by atoms with Crippen molar-refractivity contribution in [2.75, 3.05) is 10.6 Å². The van der Waals surface area contributed by atoms with E-state index in [4.69, 9.17) is 0 Å². The molecule has 2 N–H and O–H groups in total. The molecule has 2 rings (SSSR count). The van der Waals surface area contributed by atoms with Crippen LogP contribution in [0.15, 0.2) is 34.1 Å². The molecule has 0 aliphatic heterocycles. The number of hydrogen-bond acceptors (Lipinski definition) is 3. The van der Waals surface area contributed by atoms with Crippen LogP contribution in [0.3, 0.4) is 0 Å². The zero-order valence-corrected chi connectivity index (χ0v) is 12.8. The Labute approximate surface area is 127 Å². The van der Waals surface area contributed by atoms with Gasteiger partial charge in [0.25, 0.3) is 5.91 Å². The Morgan fingerprint density at radius 3 is 2.55 bits per heavy atom. The van der Waals surface area contributed by atoms with Gasteiger partial charge in [-0.15, -0.1) is 11.3 Å². The number of thiophene rings is 1. The molecule has 20 heavy (non-hydrogen) atoms. The van der Waals surface area contributed by atoms with Gasteiger partial charge >= 0.3 is 0 Å². The van der Waals surface area contributed by atoms with Gasteiger partial charge in [0.2, 0.25) is 5.91 Å². The van der Waals surface area contributed by atoms with Crippen LogP contribution in [0, 0.1) is 5.82 Å². The van der Waals surface area contributed by atoms with E-state index in [1.165, 1.54) is 36.5 Å². The second-order valence-electron chi connectivity index (χ2n) is 3.93. The first-order valence-electron chi connectivity index (χ1n) is 5.59. The van der Waals surface area contributed by atoms with Crippen molar-refractivity contribution in [2.24, 2.45) is 0 Å². The highest BCUT2D eigenvalue weighted by molar-refractivity contribution is 9.11. The molecule has 1 aromatic carbocycles. The van der Waals surface area contributed by atoms with Crippen LogP contribution < -0.4 is 10.6 Å². The maximum Gasteiger partial charge on any atom is 0.265 e. The minimum Gasteiger partial charge on any atom is -0.326 e. The predicted octanol–water partition coefficient (Wildman–Crippen LogP) is 3.86. The summed E-state index contributed by atoms with van der Waals surface area (Å²) >= 11 is 4.50. The molecule has 104 valence electrons. The lowest BCUT2D eigenvalue weighted by atomic mass is 10.2. The molecule has 0 atom stereocenters. The normalized spacial score (nSPS) is 10.2. The molecule has 4 nitrogen and oxygen atoms in total. The number of halogens is 2. The van der Waals surface area contributed by atoms with Crippen LogP contribution in [0.25, 0.3) is 0 Å². The first kappa shape index (κ1) is 14.7. The summed E-state index contributed by atoms with van der Waals surface area (Å²) in [4.78, 5) is 23.4. The maximum atomic E-state index is 13.7. The van der Waals surface area contributed by atoms with Crippen molar-refractivity contribution in [1.29, 1.82) is 0 Å². The van der Waals surface area contributed by atoms with Crippen molar-refractivity contribution < 1.29 is 14.0 Å². The van der Waals surface area contributed by atoms with Gasteiger partial charge in [0, 0.05) is 12.6 Å². The highest BCUT2D eigenvalue weighted by atomic mass is 79.9. The molecule has 0 unspecified atom stereocenters. The Morgan fingerprint density at radius 1 is 1.20 bits per heavy atom. The van der Waals surface area contributed by atoms with Gasteiger partial charge < -0.3 is 10.6 Å². The summed E-state index contributed by atoms with van der Waals surface area (Å²) in [7, 11) is 0. The highest BCUT2D eigenvalue weighted by Crippen LogP contribution is 2.25. The van der Waals surface area contributed by atoms with E-state index in [9.17, 15) is 14.0 Å². The topological polar surface area (TPSA) is 58.2 Å². The Balaban J connectivity index is 2.19. The van der Waals surface area contributed by atoms with Crippen LogP contribution in [0.5, 0.6) is 0 Å². The van der Waals surface area contributed by atoms with E-state index in [1.54, 1.807) is 12.1 Å². The van der Waals surface area contributed by atoms with E-state index in [0.717, 1.165) is 3.79 Å². The largest absolute Gasteiger partial charge is 0.326 e. The van der Waals surface area contributed by atoms with Gasteiger partial charge in [0.15, 0.2) is 0 Å². The number of anilines is 2. The quantitative estimate of drug-likeness (QED) is 0.877. The average Bonchev–Trinajstić information content (AvgIpc) is 2.79. The highest BCUT2D eigenvalue weighted by Gasteiger charge is 2.12. The van der Waals surface area contributed by atoms with Crippen molar-refractivity contribution in [1.82, 2.24) is 0 Å². The van der Waals surface area contributed by atoms with E-state index in [0.29, 0.717) is 10.6 Å². The van der Waals surface area contributed by atoms with E-state index < -0.39 is 11.7 Å². The van der Waals surface area contributed by atoms with Crippen LogP contribution in [-0.4, -0.2) is 11.8 Å². The summed E-state index contributed by atoms with van der Waals surface area (Å²) in [6.45, 7) is 1.35. The minimum atomic E-state index is -0.567. The third-order valence-electron chi connectivity index (χ3n) is 2.33. The minimum absolute atomic E-state index is 0.0192. The molecule has 0 saturated heterocycles. The summed E-state index contributed by atoms with van der Waals surface area (Å²) < 4.78 is 14.5. The Hall–Kier alpha value is -1.73. The molecule has 0 spiro atoms. The Morgan fingerprint density at radius 2 is 1.95 bits per heavy atom. The molecule has 0 radical (unpaired) electrons. The van der Waals surface area contributed by atoms with Crippen molar-refractivity contribution >= 4 is 50.5 Å². The van der Waals surface area contributed by atoms with Crippen LogP contribution in [-0.2, 0) is 4.79 Å². The average molecular weight is 357 g/mol. The zero-order chi connectivity index (χ0) is 14.7. The van der Waals surface area contributed by atoms with Gasteiger partial charge in [-0.3, -0.25) is 9.59 Å². The number of nitrogens with one attached hydrogen (secondary N) is 2. The first-order chi connectivity index (χ1) is 9.45. The summed E-state index contributed by atoms with van der Waals surface area (Å²) in [5, 5.41) is 5.01. The molecule has 0 fully saturated rings. The van der Waals surface area contributed by atoms with Crippen LogP contribution in [0.2, 0.25) is 0 Å². The fourth-order valence-electron chi connectivity index (χ4n) is 1.52. The SMILES string of the molecule is CC(=O)Nc1ccc(F)c(NC(=O)c2ccc(Br)s2)c1. The van der Waals surface area contributed by atoms with Gasteiger partial charge in [-0.1, -0.05) is 0 Å². The fourth-order valence-corrected chi connectivity index (χ4v) is 2.80. The monoisotopic (exact) mass is 356 g/mol. The Bertz CT molecular complexity index is 672. The van der Waals surface area contributed by atoms with Crippen molar-refractivity contribution in [2.45, 2.75) is 6.92 Å². The molecular weight excluding hydrogens is 347 g/mol. The van der Waals surface area contributed by atoms with E-state index >= 15 is 0 Å². The zero-order valence-electron chi connectivity index (χ0n) is 10.4. The van der Waals surface area contributed by atoms with Gasteiger partial charge in [-0.05, 0) is 46.3 Å². The lowest BCUT2D eigenvalue weighted by Crippen LogP contribution is -2.12. The second kappa shape index (κ2) is 6.15. The smallest absolute Gasteiger partial charge is 0.265 e. The van der Waals surface area contributed by atoms with Gasteiger partial charge in [-0.25, -0.2) is 4.39 Å².